The van der Waals surface area contributed by atoms with Gasteiger partial charge in [-0.3, -0.25) is 0 Å². The summed E-state index contributed by atoms with van der Waals surface area (Å²) in [6.07, 6.45) is 2.19. The minimum absolute atomic E-state index is 1.07. The molecule has 0 N–H and O–H groups in total. The fraction of sp³-hybridized carbons (Fsp3) is 1.00. The average Bonchev–Trinajstić information content (AvgIpc) is 1.35. The van der Waals surface area contributed by atoms with E-state index >= 15 is 0 Å². The first-order valence-corrected chi connectivity index (χ1v) is 3.10. The Morgan fingerprint density at radius 3 is 2.17 bits per heavy atom. The molecule has 1 nitrogen and oxygen atoms in total. The van der Waals surface area contributed by atoms with E-state index < -0.39 is 0 Å². The topological polar surface area (TPSA) is 3.24 Å². The fourth-order valence-corrected chi connectivity index (χ4v) is 0.878. The summed E-state index contributed by atoms with van der Waals surface area (Å²) < 4.78 is 0. The zero-order valence-electron chi connectivity index (χ0n) is 4.24. The quantitative estimate of drug-likeness (QED) is 0.510. The molecule has 3 heteroatoms. The molecule has 0 heterocycles. The standard InChI is InChI=1S/C3H9BBrN/c1-6(2)3-4-5/h4H,3H2,1-2H3. The van der Waals surface area contributed by atoms with Crippen LogP contribution in [0.5, 0.6) is 0 Å². The molecule has 0 aliphatic carbocycles. The Balaban J connectivity index is 2.63. The lowest BCUT2D eigenvalue weighted by molar-refractivity contribution is 0.480. The third-order valence-electron chi connectivity index (χ3n) is 0.532. The molecule has 0 aromatic heterocycles. The van der Waals surface area contributed by atoms with E-state index in [2.05, 4.69) is 34.8 Å². The SMILES string of the molecule is CN(C)CBBr. The van der Waals surface area contributed by atoms with E-state index in [9.17, 15) is 0 Å². The smallest absolute Gasteiger partial charge is 0.219 e. The summed E-state index contributed by atoms with van der Waals surface area (Å²) in [5.74, 6) is 0. The van der Waals surface area contributed by atoms with Gasteiger partial charge in [0.25, 0.3) is 0 Å². The van der Waals surface area contributed by atoms with Gasteiger partial charge in [0.1, 0.15) is 0 Å². The van der Waals surface area contributed by atoms with Gasteiger partial charge in [-0.25, -0.2) is 0 Å². The van der Waals surface area contributed by atoms with E-state index in [-0.39, 0.29) is 0 Å². The Hall–Kier alpha value is 0.505. The van der Waals surface area contributed by atoms with Crippen LogP contribution in [-0.4, -0.2) is 31.5 Å². The number of halogens is 1. The van der Waals surface area contributed by atoms with Crippen molar-refractivity contribution in [2.24, 2.45) is 0 Å². The van der Waals surface area contributed by atoms with E-state index in [1.807, 2.05) is 0 Å². The second kappa shape index (κ2) is 3.69. The third-order valence-corrected chi connectivity index (χ3v) is 0.886. The van der Waals surface area contributed by atoms with Crippen molar-refractivity contribution in [3.05, 3.63) is 0 Å². The molecule has 0 radical (unpaired) electrons. The lowest BCUT2D eigenvalue weighted by Crippen LogP contribution is -2.15. The van der Waals surface area contributed by atoms with E-state index in [1.165, 1.54) is 0 Å². The van der Waals surface area contributed by atoms with Gasteiger partial charge in [-0.05, 0) is 20.5 Å². The van der Waals surface area contributed by atoms with E-state index in [0.717, 1.165) is 12.5 Å². The van der Waals surface area contributed by atoms with Crippen LogP contribution in [-0.2, 0) is 0 Å². The maximum atomic E-state index is 3.31. The lowest BCUT2D eigenvalue weighted by Gasteiger charge is -2.02. The van der Waals surface area contributed by atoms with Gasteiger partial charge in [-0.2, -0.15) is 15.8 Å². The maximum Gasteiger partial charge on any atom is 0.219 e. The molecule has 0 rings (SSSR count). The number of nitrogens with zero attached hydrogens (tertiary/aromatic N) is 1. The van der Waals surface area contributed by atoms with Gasteiger partial charge in [-0.1, -0.05) is 0 Å². The van der Waals surface area contributed by atoms with Crippen molar-refractivity contribution < 1.29 is 0 Å². The van der Waals surface area contributed by atoms with Crippen LogP contribution in [0.15, 0.2) is 0 Å². The van der Waals surface area contributed by atoms with Crippen LogP contribution >= 0.6 is 15.8 Å². The van der Waals surface area contributed by atoms with Crippen molar-refractivity contribution in [3.63, 3.8) is 0 Å². The van der Waals surface area contributed by atoms with E-state index in [1.54, 1.807) is 0 Å². The first-order chi connectivity index (χ1) is 2.77. The molecule has 0 aromatic rings. The van der Waals surface area contributed by atoms with Crippen molar-refractivity contribution in [1.29, 1.82) is 0 Å². The average molecular weight is 150 g/mol. The highest BCUT2D eigenvalue weighted by Gasteiger charge is 1.83. The minimum Gasteiger partial charge on any atom is -0.316 e. The summed E-state index contributed by atoms with van der Waals surface area (Å²) in [7, 11) is 4.11. The summed E-state index contributed by atoms with van der Waals surface area (Å²) in [6.45, 7) is 0. The molecule has 0 fully saturated rings. The Morgan fingerprint density at radius 2 is 2.17 bits per heavy atom. The van der Waals surface area contributed by atoms with Gasteiger partial charge in [0.2, 0.25) is 6.10 Å². The molecule has 0 aliphatic rings. The monoisotopic (exact) mass is 149 g/mol. The van der Waals surface area contributed by atoms with E-state index in [4.69, 9.17) is 0 Å². The molecule has 0 unspecified atom stereocenters. The fourth-order valence-electron chi connectivity index (χ4n) is 0.169. The molecule has 0 aliphatic heterocycles. The molecular formula is C3H9BBrN. The van der Waals surface area contributed by atoms with Gasteiger partial charge in [0.05, 0.1) is 0 Å². The van der Waals surface area contributed by atoms with Gasteiger partial charge < -0.3 is 4.90 Å². The third kappa shape index (κ3) is 4.50. The van der Waals surface area contributed by atoms with Crippen molar-refractivity contribution in [1.82, 2.24) is 4.90 Å². The molecule has 36 valence electrons. The Labute approximate surface area is 47.9 Å². The number of rotatable bonds is 2. The van der Waals surface area contributed by atoms with Crippen LogP contribution in [0, 0.1) is 0 Å². The van der Waals surface area contributed by atoms with E-state index in [0.29, 0.717) is 0 Å². The summed E-state index contributed by atoms with van der Waals surface area (Å²) in [5, 5.41) is 0. The van der Waals surface area contributed by atoms with Gasteiger partial charge in [0.15, 0.2) is 0 Å². The van der Waals surface area contributed by atoms with Crippen molar-refractivity contribution >= 4 is 21.9 Å². The van der Waals surface area contributed by atoms with Crippen molar-refractivity contribution in [2.45, 2.75) is 0 Å². The molecule has 0 bridgehead atoms. The Bertz CT molecular complexity index is 32.0. The molecule has 6 heavy (non-hydrogen) atoms. The zero-order valence-corrected chi connectivity index (χ0v) is 5.83. The summed E-state index contributed by atoms with van der Waals surface area (Å²) in [5.41, 5.74) is 0. The Kier molecular flexibility index (Phi) is 4.00. The molecule has 0 aromatic carbocycles. The van der Waals surface area contributed by atoms with Crippen LogP contribution in [0.4, 0.5) is 0 Å². The highest BCUT2D eigenvalue weighted by atomic mass is 79.9. The van der Waals surface area contributed by atoms with Crippen molar-refractivity contribution in [2.75, 3.05) is 20.5 Å². The highest BCUT2D eigenvalue weighted by molar-refractivity contribution is 9.23. The lowest BCUT2D eigenvalue weighted by atomic mass is 10.1. The molecule has 0 spiro atoms. The number of hydrogen-bond acceptors (Lipinski definition) is 1. The predicted molar refractivity (Wildman–Crippen MR) is 34.6 cm³/mol. The largest absolute Gasteiger partial charge is 0.316 e. The second-order valence-electron chi connectivity index (χ2n) is 1.49. The number of hydrogen-bond donors (Lipinski definition) is 0. The van der Waals surface area contributed by atoms with Crippen LogP contribution < -0.4 is 0 Å². The normalized spacial score (nSPS) is 9.33. The maximum absolute atomic E-state index is 3.31. The zero-order chi connectivity index (χ0) is 4.99. The second-order valence-corrected chi connectivity index (χ2v) is 2.29. The minimum atomic E-state index is 1.07. The van der Waals surface area contributed by atoms with Crippen LogP contribution in [0.2, 0.25) is 0 Å². The molecule has 0 amide bonds. The van der Waals surface area contributed by atoms with Crippen LogP contribution in [0.1, 0.15) is 0 Å². The van der Waals surface area contributed by atoms with Gasteiger partial charge >= 0.3 is 0 Å². The molecular weight excluding hydrogens is 141 g/mol. The summed E-state index contributed by atoms with van der Waals surface area (Å²) in [6, 6.07) is 0. The Morgan fingerprint density at radius 1 is 1.67 bits per heavy atom. The molecule has 0 saturated heterocycles. The first kappa shape index (κ1) is 6.50. The van der Waals surface area contributed by atoms with Gasteiger partial charge in [0, 0.05) is 0 Å². The summed E-state index contributed by atoms with van der Waals surface area (Å²) >= 11 is 3.31. The van der Waals surface area contributed by atoms with Gasteiger partial charge in [-0.15, -0.1) is 0 Å². The molecule has 0 saturated carbocycles. The molecule has 0 atom stereocenters. The highest BCUT2D eigenvalue weighted by Crippen LogP contribution is 1.75. The predicted octanol–water partition coefficient (Wildman–Crippen LogP) is 0.252. The van der Waals surface area contributed by atoms with Crippen molar-refractivity contribution in [3.8, 4) is 0 Å². The van der Waals surface area contributed by atoms with Crippen LogP contribution in [0.25, 0.3) is 0 Å². The van der Waals surface area contributed by atoms with Crippen LogP contribution in [0.3, 0.4) is 0 Å². The summed E-state index contributed by atoms with van der Waals surface area (Å²) in [4.78, 5) is 2.13. The first-order valence-electron chi connectivity index (χ1n) is 1.98.